The molecule has 0 fully saturated rings. The first-order valence-electron chi connectivity index (χ1n) is 10.1. The third-order valence-corrected chi connectivity index (χ3v) is 4.34. The molecule has 1 unspecified atom stereocenters. The lowest BCUT2D eigenvalue weighted by molar-refractivity contribution is 0.0297. The number of aliphatic hydroxyl groups excluding tert-OH is 1. The molecular formula is C20H42O2. The van der Waals surface area contributed by atoms with Crippen LogP contribution in [0, 0.1) is 0 Å². The Morgan fingerprint density at radius 1 is 0.636 bits per heavy atom. The zero-order valence-electron chi connectivity index (χ0n) is 15.5. The predicted molar refractivity (Wildman–Crippen MR) is 97.4 cm³/mol. The zero-order chi connectivity index (χ0) is 16.3. The van der Waals surface area contributed by atoms with Gasteiger partial charge in [0, 0.05) is 6.61 Å². The maximum atomic E-state index is 9.86. The summed E-state index contributed by atoms with van der Waals surface area (Å²) in [6.45, 7) is 5.86. The fourth-order valence-electron chi connectivity index (χ4n) is 2.80. The topological polar surface area (TPSA) is 29.5 Å². The van der Waals surface area contributed by atoms with Gasteiger partial charge in [-0.2, -0.15) is 0 Å². The highest BCUT2D eigenvalue weighted by molar-refractivity contribution is 4.55. The average molecular weight is 315 g/mol. The lowest BCUT2D eigenvalue weighted by Gasteiger charge is -2.11. The average Bonchev–Trinajstić information content (AvgIpc) is 2.52. The van der Waals surface area contributed by atoms with Crippen LogP contribution in [0.2, 0.25) is 0 Å². The molecule has 0 aliphatic carbocycles. The maximum absolute atomic E-state index is 9.86. The number of hydrogen-bond acceptors (Lipinski definition) is 2. The van der Waals surface area contributed by atoms with Gasteiger partial charge >= 0.3 is 0 Å². The van der Waals surface area contributed by atoms with E-state index in [-0.39, 0.29) is 6.10 Å². The molecule has 0 heterocycles. The summed E-state index contributed by atoms with van der Waals surface area (Å²) in [5.41, 5.74) is 0. The summed E-state index contributed by atoms with van der Waals surface area (Å²) in [6.07, 6.45) is 19.0. The molecule has 22 heavy (non-hydrogen) atoms. The fourth-order valence-corrected chi connectivity index (χ4v) is 2.80. The van der Waals surface area contributed by atoms with Crippen molar-refractivity contribution < 1.29 is 9.84 Å². The van der Waals surface area contributed by atoms with Gasteiger partial charge in [-0.25, -0.2) is 0 Å². The van der Waals surface area contributed by atoms with E-state index in [4.69, 9.17) is 4.74 Å². The Kier molecular flexibility index (Phi) is 18.9. The molecule has 0 saturated carbocycles. The smallest absolute Gasteiger partial charge is 0.0773 e. The van der Waals surface area contributed by atoms with E-state index in [0.29, 0.717) is 6.61 Å². The van der Waals surface area contributed by atoms with E-state index in [1.165, 1.54) is 77.0 Å². The minimum Gasteiger partial charge on any atom is -0.391 e. The summed E-state index contributed by atoms with van der Waals surface area (Å²) < 4.78 is 5.58. The third-order valence-electron chi connectivity index (χ3n) is 4.34. The van der Waals surface area contributed by atoms with Crippen molar-refractivity contribution >= 4 is 0 Å². The summed E-state index contributed by atoms with van der Waals surface area (Å²) in [7, 11) is 0. The summed E-state index contributed by atoms with van der Waals surface area (Å²) in [5.74, 6) is 0. The van der Waals surface area contributed by atoms with Crippen molar-refractivity contribution in [3.05, 3.63) is 0 Å². The summed E-state index contributed by atoms with van der Waals surface area (Å²) in [5, 5.41) is 9.86. The zero-order valence-corrected chi connectivity index (χ0v) is 15.5. The first-order chi connectivity index (χ1) is 10.8. The van der Waals surface area contributed by atoms with Gasteiger partial charge in [0.25, 0.3) is 0 Å². The van der Waals surface area contributed by atoms with E-state index in [1.807, 2.05) is 0 Å². The molecule has 2 heteroatoms. The van der Waals surface area contributed by atoms with Crippen molar-refractivity contribution in [2.75, 3.05) is 13.2 Å². The molecule has 0 spiro atoms. The summed E-state index contributed by atoms with van der Waals surface area (Å²) in [6, 6.07) is 0. The van der Waals surface area contributed by atoms with Crippen LogP contribution >= 0.6 is 0 Å². The number of rotatable bonds is 18. The molecule has 0 rings (SSSR count). The van der Waals surface area contributed by atoms with Crippen LogP contribution in [0.3, 0.4) is 0 Å². The van der Waals surface area contributed by atoms with Crippen LogP contribution in [0.15, 0.2) is 0 Å². The highest BCUT2D eigenvalue weighted by Crippen LogP contribution is 2.10. The molecular weight excluding hydrogens is 272 g/mol. The van der Waals surface area contributed by atoms with E-state index in [1.54, 1.807) is 0 Å². The van der Waals surface area contributed by atoms with Crippen molar-refractivity contribution in [2.24, 2.45) is 0 Å². The standard InChI is InChI=1S/C20H42O2/c1-3-5-7-9-11-13-15-17-20(21)19-22-18-16-14-12-10-8-6-4-2/h20-21H,3-19H2,1-2H3. The van der Waals surface area contributed by atoms with E-state index >= 15 is 0 Å². The second-order valence-corrected chi connectivity index (χ2v) is 6.76. The van der Waals surface area contributed by atoms with E-state index in [2.05, 4.69) is 13.8 Å². The van der Waals surface area contributed by atoms with Crippen molar-refractivity contribution in [1.29, 1.82) is 0 Å². The molecule has 0 saturated heterocycles. The highest BCUT2D eigenvalue weighted by atomic mass is 16.5. The molecule has 0 aliphatic rings. The molecule has 0 aromatic carbocycles. The van der Waals surface area contributed by atoms with E-state index < -0.39 is 0 Å². The second-order valence-electron chi connectivity index (χ2n) is 6.76. The molecule has 0 amide bonds. The van der Waals surface area contributed by atoms with Gasteiger partial charge in [-0.1, -0.05) is 97.3 Å². The Balaban J connectivity index is 3.11. The molecule has 0 aliphatic heterocycles. The SMILES string of the molecule is CCCCCCCCCOCC(O)CCCCCCCCC. The predicted octanol–water partition coefficient (Wildman–Crippen LogP) is 6.26. The van der Waals surface area contributed by atoms with Gasteiger partial charge in [-0.05, 0) is 12.8 Å². The molecule has 1 N–H and O–H groups in total. The Labute approximate surface area is 140 Å². The highest BCUT2D eigenvalue weighted by Gasteiger charge is 2.03. The lowest BCUT2D eigenvalue weighted by Crippen LogP contribution is -2.15. The third kappa shape index (κ3) is 18.0. The number of hydrogen-bond donors (Lipinski definition) is 1. The Morgan fingerprint density at radius 2 is 1.09 bits per heavy atom. The van der Waals surface area contributed by atoms with Crippen LogP contribution in [0.1, 0.15) is 110 Å². The van der Waals surface area contributed by atoms with Gasteiger partial charge in [0.1, 0.15) is 0 Å². The van der Waals surface area contributed by atoms with Gasteiger partial charge < -0.3 is 9.84 Å². The van der Waals surface area contributed by atoms with Crippen molar-refractivity contribution in [3.8, 4) is 0 Å². The molecule has 0 aromatic rings. The Bertz CT molecular complexity index is 194. The minimum atomic E-state index is -0.250. The van der Waals surface area contributed by atoms with Gasteiger partial charge in [0.2, 0.25) is 0 Å². The van der Waals surface area contributed by atoms with E-state index in [9.17, 15) is 5.11 Å². The van der Waals surface area contributed by atoms with Crippen LogP contribution in [-0.2, 0) is 4.74 Å². The minimum absolute atomic E-state index is 0.250. The van der Waals surface area contributed by atoms with Crippen LogP contribution in [0.25, 0.3) is 0 Å². The quantitative estimate of drug-likeness (QED) is 0.303. The molecule has 0 aromatic heterocycles. The number of aliphatic hydroxyl groups is 1. The monoisotopic (exact) mass is 314 g/mol. The molecule has 0 radical (unpaired) electrons. The summed E-state index contributed by atoms with van der Waals surface area (Å²) >= 11 is 0. The summed E-state index contributed by atoms with van der Waals surface area (Å²) in [4.78, 5) is 0. The lowest BCUT2D eigenvalue weighted by atomic mass is 10.1. The first kappa shape index (κ1) is 21.9. The van der Waals surface area contributed by atoms with Gasteiger partial charge in [0.05, 0.1) is 12.7 Å². The van der Waals surface area contributed by atoms with Crippen LogP contribution < -0.4 is 0 Å². The normalized spacial score (nSPS) is 12.7. The molecule has 2 nitrogen and oxygen atoms in total. The Morgan fingerprint density at radius 3 is 1.64 bits per heavy atom. The van der Waals surface area contributed by atoms with Crippen molar-refractivity contribution in [3.63, 3.8) is 0 Å². The molecule has 0 bridgehead atoms. The molecule has 1 atom stereocenters. The molecule has 134 valence electrons. The van der Waals surface area contributed by atoms with E-state index in [0.717, 1.165) is 25.9 Å². The van der Waals surface area contributed by atoms with Crippen LogP contribution in [-0.4, -0.2) is 24.4 Å². The van der Waals surface area contributed by atoms with Crippen LogP contribution in [0.4, 0.5) is 0 Å². The number of ether oxygens (including phenoxy) is 1. The van der Waals surface area contributed by atoms with Crippen molar-refractivity contribution in [1.82, 2.24) is 0 Å². The Hall–Kier alpha value is -0.0800. The number of unbranched alkanes of at least 4 members (excludes halogenated alkanes) is 12. The van der Waals surface area contributed by atoms with Gasteiger partial charge in [0.15, 0.2) is 0 Å². The van der Waals surface area contributed by atoms with Gasteiger partial charge in [-0.3, -0.25) is 0 Å². The van der Waals surface area contributed by atoms with Crippen molar-refractivity contribution in [2.45, 2.75) is 116 Å². The fraction of sp³-hybridized carbons (Fsp3) is 1.00. The van der Waals surface area contributed by atoms with Crippen LogP contribution in [0.5, 0.6) is 0 Å². The first-order valence-corrected chi connectivity index (χ1v) is 10.1. The van der Waals surface area contributed by atoms with Gasteiger partial charge in [-0.15, -0.1) is 0 Å². The maximum Gasteiger partial charge on any atom is 0.0773 e. The second kappa shape index (κ2) is 19.0. The largest absolute Gasteiger partial charge is 0.391 e.